The van der Waals surface area contributed by atoms with Gasteiger partial charge in [-0.3, -0.25) is 0 Å². The van der Waals surface area contributed by atoms with Crippen molar-refractivity contribution in [3.8, 4) is 17.6 Å². The van der Waals surface area contributed by atoms with Gasteiger partial charge < -0.3 is 14.4 Å². The van der Waals surface area contributed by atoms with Gasteiger partial charge >= 0.3 is 0 Å². The molecule has 6 heteroatoms. The summed E-state index contributed by atoms with van der Waals surface area (Å²) in [5.74, 6) is 0.903. The molecule has 3 aromatic rings. The molecule has 24 heavy (non-hydrogen) atoms. The third-order valence-corrected chi connectivity index (χ3v) is 5.03. The van der Waals surface area contributed by atoms with Crippen molar-refractivity contribution < 1.29 is 13.9 Å². The highest BCUT2D eigenvalue weighted by Crippen LogP contribution is 2.44. The van der Waals surface area contributed by atoms with Gasteiger partial charge in [-0.25, -0.2) is 4.39 Å². The molecule has 2 aromatic carbocycles. The smallest absolute Gasteiger partial charge is 0.162 e. The fraction of sp³-hybridized carbons (Fsp3) is 0.167. The van der Waals surface area contributed by atoms with Crippen molar-refractivity contribution in [2.75, 3.05) is 26.2 Å². The van der Waals surface area contributed by atoms with E-state index < -0.39 is 0 Å². The number of rotatable bonds is 4. The predicted molar refractivity (Wildman–Crippen MR) is 94.1 cm³/mol. The first-order valence-electron chi connectivity index (χ1n) is 7.17. The van der Waals surface area contributed by atoms with E-state index in [9.17, 15) is 9.65 Å². The Bertz CT molecular complexity index is 929. The van der Waals surface area contributed by atoms with E-state index in [1.54, 1.807) is 26.4 Å². The van der Waals surface area contributed by atoms with E-state index in [0.29, 0.717) is 17.1 Å². The highest BCUT2D eigenvalue weighted by atomic mass is 32.1. The van der Waals surface area contributed by atoms with Crippen LogP contribution >= 0.6 is 11.3 Å². The normalized spacial score (nSPS) is 10.5. The third kappa shape index (κ3) is 2.63. The molecule has 0 radical (unpaired) electrons. The quantitative estimate of drug-likeness (QED) is 0.689. The molecule has 0 fully saturated rings. The van der Waals surface area contributed by atoms with Crippen LogP contribution < -0.4 is 14.4 Å². The standard InChI is InChI=1S/C18H15FN2O2S/c1-21(12-6-4-11(19)5-7-12)18-14(10-20)13-8-15(22-2)16(23-3)9-17(13)24-18/h4-9H,1-3H3. The van der Waals surface area contributed by atoms with Gasteiger partial charge in [0.25, 0.3) is 0 Å². The predicted octanol–water partition coefficient (Wildman–Crippen LogP) is 4.70. The summed E-state index contributed by atoms with van der Waals surface area (Å²) in [6, 6.07) is 12.1. The monoisotopic (exact) mass is 342 g/mol. The summed E-state index contributed by atoms with van der Waals surface area (Å²) in [7, 11) is 4.99. The van der Waals surface area contributed by atoms with Crippen LogP contribution in [0, 0.1) is 17.1 Å². The highest BCUT2D eigenvalue weighted by molar-refractivity contribution is 7.23. The third-order valence-electron chi connectivity index (χ3n) is 3.81. The molecule has 0 saturated carbocycles. The van der Waals surface area contributed by atoms with E-state index in [4.69, 9.17) is 9.47 Å². The number of halogens is 1. The average molecular weight is 342 g/mol. The van der Waals surface area contributed by atoms with Gasteiger partial charge in [0.2, 0.25) is 0 Å². The summed E-state index contributed by atoms with van der Waals surface area (Å²) in [4.78, 5) is 1.88. The van der Waals surface area contributed by atoms with Gasteiger partial charge in [0, 0.05) is 28.9 Å². The summed E-state index contributed by atoms with van der Waals surface area (Å²) in [5, 5.41) is 11.2. The van der Waals surface area contributed by atoms with Crippen LogP contribution in [0.25, 0.3) is 10.1 Å². The number of anilines is 2. The number of nitriles is 1. The number of fused-ring (bicyclic) bond motifs is 1. The van der Waals surface area contributed by atoms with Crippen molar-refractivity contribution in [3.05, 3.63) is 47.8 Å². The first-order valence-corrected chi connectivity index (χ1v) is 7.98. The Balaban J connectivity index is 2.17. The van der Waals surface area contributed by atoms with Crippen molar-refractivity contribution in [1.29, 1.82) is 5.26 Å². The molecule has 0 unspecified atom stereocenters. The summed E-state index contributed by atoms with van der Waals surface area (Å²) in [5.41, 5.74) is 1.36. The highest BCUT2D eigenvalue weighted by Gasteiger charge is 2.19. The lowest BCUT2D eigenvalue weighted by Crippen LogP contribution is -2.08. The minimum Gasteiger partial charge on any atom is -0.493 e. The number of hydrogen-bond donors (Lipinski definition) is 0. The average Bonchev–Trinajstić information content (AvgIpc) is 2.97. The Hall–Kier alpha value is -2.78. The van der Waals surface area contributed by atoms with Crippen LogP contribution in [0.2, 0.25) is 0 Å². The summed E-state index contributed by atoms with van der Waals surface area (Å²) >= 11 is 1.48. The Morgan fingerprint density at radius 1 is 1.08 bits per heavy atom. The van der Waals surface area contributed by atoms with Gasteiger partial charge in [-0.05, 0) is 30.3 Å². The minimum atomic E-state index is -0.293. The molecule has 0 N–H and O–H groups in total. The van der Waals surface area contributed by atoms with Crippen molar-refractivity contribution >= 4 is 32.1 Å². The first-order chi connectivity index (χ1) is 11.6. The molecule has 1 aromatic heterocycles. The SMILES string of the molecule is COc1cc2sc(N(C)c3ccc(F)cc3)c(C#N)c2cc1OC. The van der Waals surface area contributed by atoms with Gasteiger partial charge in [-0.2, -0.15) is 5.26 Å². The molecule has 0 aliphatic rings. The topological polar surface area (TPSA) is 45.5 Å². The number of nitrogens with zero attached hydrogens (tertiary/aromatic N) is 2. The Kier molecular flexibility index (Phi) is 4.28. The molecule has 0 aliphatic heterocycles. The maximum Gasteiger partial charge on any atom is 0.162 e. The second-order valence-electron chi connectivity index (χ2n) is 5.13. The lowest BCUT2D eigenvalue weighted by molar-refractivity contribution is 0.356. The number of ether oxygens (including phenoxy) is 2. The van der Waals surface area contributed by atoms with E-state index in [2.05, 4.69) is 6.07 Å². The van der Waals surface area contributed by atoms with Crippen LogP contribution in [0.3, 0.4) is 0 Å². The lowest BCUT2D eigenvalue weighted by atomic mass is 10.1. The second-order valence-corrected chi connectivity index (χ2v) is 6.16. The molecular weight excluding hydrogens is 327 g/mol. The van der Waals surface area contributed by atoms with Gasteiger partial charge in [0.15, 0.2) is 11.5 Å². The fourth-order valence-electron chi connectivity index (χ4n) is 2.54. The van der Waals surface area contributed by atoms with Crippen LogP contribution in [-0.2, 0) is 0 Å². The molecule has 3 rings (SSSR count). The molecule has 4 nitrogen and oxygen atoms in total. The number of hydrogen-bond acceptors (Lipinski definition) is 5. The van der Waals surface area contributed by atoms with Crippen LogP contribution in [0.5, 0.6) is 11.5 Å². The van der Waals surface area contributed by atoms with Gasteiger partial charge in [0.1, 0.15) is 16.9 Å². The van der Waals surface area contributed by atoms with E-state index in [0.717, 1.165) is 20.8 Å². The van der Waals surface area contributed by atoms with Crippen LogP contribution in [0.15, 0.2) is 36.4 Å². The van der Waals surface area contributed by atoms with Crippen LogP contribution in [0.4, 0.5) is 15.1 Å². The maximum atomic E-state index is 13.1. The van der Waals surface area contributed by atoms with Gasteiger partial charge in [-0.1, -0.05) is 0 Å². The summed E-state index contributed by atoms with van der Waals surface area (Å²) in [6.45, 7) is 0. The zero-order valence-electron chi connectivity index (χ0n) is 13.5. The minimum absolute atomic E-state index is 0.293. The first kappa shape index (κ1) is 16.1. The molecular formula is C18H15FN2O2S. The van der Waals surface area contributed by atoms with E-state index in [1.807, 2.05) is 24.1 Å². The number of methoxy groups -OCH3 is 2. The van der Waals surface area contributed by atoms with E-state index >= 15 is 0 Å². The molecule has 122 valence electrons. The zero-order valence-corrected chi connectivity index (χ0v) is 14.3. The molecule has 0 aliphatic carbocycles. The summed E-state index contributed by atoms with van der Waals surface area (Å²) in [6.07, 6.45) is 0. The summed E-state index contributed by atoms with van der Waals surface area (Å²) < 4.78 is 24.7. The zero-order chi connectivity index (χ0) is 17.3. The lowest BCUT2D eigenvalue weighted by Gasteiger charge is -2.17. The van der Waals surface area contributed by atoms with E-state index in [-0.39, 0.29) is 5.82 Å². The van der Waals surface area contributed by atoms with Crippen molar-refractivity contribution in [1.82, 2.24) is 0 Å². The molecule has 0 saturated heterocycles. The molecule has 0 atom stereocenters. The van der Waals surface area contributed by atoms with Crippen LogP contribution in [0.1, 0.15) is 5.56 Å². The maximum absolute atomic E-state index is 13.1. The molecule has 0 spiro atoms. The van der Waals surface area contributed by atoms with Crippen molar-refractivity contribution in [2.24, 2.45) is 0 Å². The number of thiophene rings is 1. The van der Waals surface area contributed by atoms with Crippen molar-refractivity contribution in [2.45, 2.75) is 0 Å². The van der Waals surface area contributed by atoms with Crippen LogP contribution in [-0.4, -0.2) is 21.3 Å². The Morgan fingerprint density at radius 3 is 2.29 bits per heavy atom. The van der Waals surface area contributed by atoms with Gasteiger partial charge in [0.05, 0.1) is 19.8 Å². The molecule has 0 amide bonds. The van der Waals surface area contributed by atoms with Gasteiger partial charge in [-0.15, -0.1) is 11.3 Å². The van der Waals surface area contributed by atoms with Crippen molar-refractivity contribution in [3.63, 3.8) is 0 Å². The molecule has 1 heterocycles. The largest absolute Gasteiger partial charge is 0.493 e. The van der Waals surface area contributed by atoms with E-state index in [1.165, 1.54) is 23.5 Å². The second kappa shape index (κ2) is 6.38. The Labute approximate surface area is 143 Å². The fourth-order valence-corrected chi connectivity index (χ4v) is 3.68. The Morgan fingerprint density at radius 2 is 1.71 bits per heavy atom. The molecule has 0 bridgehead atoms. The number of benzene rings is 2.